The first-order valence-corrected chi connectivity index (χ1v) is 4.60. The molecule has 0 bridgehead atoms. The van der Waals surface area contributed by atoms with Gasteiger partial charge in [-0.15, -0.1) is 0 Å². The summed E-state index contributed by atoms with van der Waals surface area (Å²) in [6.45, 7) is 2.35. The molecule has 3 amide bonds. The normalized spacial score (nSPS) is 11.9. The van der Waals surface area contributed by atoms with Gasteiger partial charge < -0.3 is 26.2 Å². The minimum atomic E-state index is -0.741. The van der Waals surface area contributed by atoms with Gasteiger partial charge >= 0.3 is 6.03 Å². The van der Waals surface area contributed by atoms with E-state index in [9.17, 15) is 9.59 Å². The number of amides is 3. The van der Waals surface area contributed by atoms with E-state index < -0.39 is 12.1 Å². The van der Waals surface area contributed by atoms with Crippen LogP contribution >= 0.6 is 0 Å². The number of hydrogen-bond donors (Lipinski definition) is 4. The van der Waals surface area contributed by atoms with Gasteiger partial charge in [0.1, 0.15) is 6.04 Å². The van der Waals surface area contributed by atoms with Crippen molar-refractivity contribution in [3.8, 4) is 0 Å². The summed E-state index contributed by atoms with van der Waals surface area (Å²) < 4.78 is 4.92. The Balaban J connectivity index is 3.51. The molecule has 0 aliphatic rings. The molecule has 7 heteroatoms. The first-order chi connectivity index (χ1) is 7.07. The van der Waals surface area contributed by atoms with E-state index in [1.165, 1.54) is 6.92 Å². The lowest BCUT2D eigenvalue weighted by molar-refractivity contribution is -0.122. The molecule has 0 saturated heterocycles. The number of carbonyl (C=O) groups is 2. The van der Waals surface area contributed by atoms with E-state index in [4.69, 9.17) is 15.6 Å². The van der Waals surface area contributed by atoms with Crippen LogP contribution in [0.1, 0.15) is 6.92 Å². The molecule has 0 aliphatic carbocycles. The van der Waals surface area contributed by atoms with Gasteiger partial charge in [0, 0.05) is 6.54 Å². The zero-order valence-corrected chi connectivity index (χ0v) is 8.66. The predicted octanol–water partition coefficient (Wildman–Crippen LogP) is -1.83. The van der Waals surface area contributed by atoms with E-state index in [0.29, 0.717) is 13.2 Å². The van der Waals surface area contributed by atoms with Crippen molar-refractivity contribution in [2.24, 2.45) is 5.73 Å². The van der Waals surface area contributed by atoms with Crippen molar-refractivity contribution in [1.29, 1.82) is 0 Å². The number of urea groups is 1. The summed E-state index contributed by atoms with van der Waals surface area (Å²) in [4.78, 5) is 21.6. The van der Waals surface area contributed by atoms with Gasteiger partial charge in [0.25, 0.3) is 0 Å². The molecule has 0 saturated carbocycles. The molecule has 15 heavy (non-hydrogen) atoms. The summed E-state index contributed by atoms with van der Waals surface area (Å²) in [5, 5.41) is 13.2. The Labute approximate surface area is 88.0 Å². The molecule has 5 N–H and O–H groups in total. The smallest absolute Gasteiger partial charge is 0.312 e. The summed E-state index contributed by atoms with van der Waals surface area (Å²) >= 11 is 0. The molecule has 0 aromatic heterocycles. The predicted molar refractivity (Wildman–Crippen MR) is 53.1 cm³/mol. The van der Waals surface area contributed by atoms with Crippen LogP contribution in [0.25, 0.3) is 0 Å². The molecule has 1 atom stereocenters. The highest BCUT2D eigenvalue weighted by Crippen LogP contribution is 1.81. The highest BCUT2D eigenvalue weighted by molar-refractivity contribution is 5.86. The lowest BCUT2D eigenvalue weighted by atomic mass is 10.3. The summed E-state index contributed by atoms with van der Waals surface area (Å²) in [6.07, 6.45) is 0. The SMILES string of the molecule is CC(NC(N)=O)C(=O)NCCOCCO. The van der Waals surface area contributed by atoms with Crippen LogP contribution in [0, 0.1) is 0 Å². The number of primary amides is 1. The van der Waals surface area contributed by atoms with Crippen LogP contribution < -0.4 is 16.4 Å². The van der Waals surface area contributed by atoms with Crippen molar-refractivity contribution in [2.45, 2.75) is 13.0 Å². The largest absolute Gasteiger partial charge is 0.394 e. The molecule has 0 aromatic rings. The minimum absolute atomic E-state index is 0.0480. The lowest BCUT2D eigenvalue weighted by Crippen LogP contribution is -2.47. The number of ether oxygens (including phenoxy) is 1. The van der Waals surface area contributed by atoms with Crippen molar-refractivity contribution >= 4 is 11.9 Å². The van der Waals surface area contributed by atoms with Crippen LogP contribution in [0.15, 0.2) is 0 Å². The van der Waals surface area contributed by atoms with Gasteiger partial charge in [0.05, 0.1) is 19.8 Å². The number of nitrogens with two attached hydrogens (primary N) is 1. The van der Waals surface area contributed by atoms with Crippen LogP contribution in [0.2, 0.25) is 0 Å². The molecular weight excluding hydrogens is 202 g/mol. The zero-order chi connectivity index (χ0) is 11.7. The van der Waals surface area contributed by atoms with E-state index in [-0.39, 0.29) is 19.1 Å². The van der Waals surface area contributed by atoms with Crippen molar-refractivity contribution < 1.29 is 19.4 Å². The topological polar surface area (TPSA) is 114 Å². The third kappa shape index (κ3) is 7.71. The van der Waals surface area contributed by atoms with Gasteiger partial charge in [-0.25, -0.2) is 4.79 Å². The second kappa shape index (κ2) is 8.01. The minimum Gasteiger partial charge on any atom is -0.394 e. The fourth-order valence-electron chi connectivity index (χ4n) is 0.845. The quantitative estimate of drug-likeness (QED) is 0.377. The molecule has 0 fully saturated rings. The standard InChI is InChI=1S/C8H17N3O4/c1-6(11-8(9)14)7(13)10-2-4-15-5-3-12/h6,12H,2-5H2,1H3,(H,10,13)(H3,9,11,14). The Morgan fingerprint density at radius 1 is 1.47 bits per heavy atom. The number of hydrogen-bond acceptors (Lipinski definition) is 4. The van der Waals surface area contributed by atoms with Crippen LogP contribution in [0.4, 0.5) is 4.79 Å². The second-order valence-corrected chi connectivity index (χ2v) is 2.86. The Hall–Kier alpha value is -1.34. The van der Waals surface area contributed by atoms with Crippen molar-refractivity contribution in [2.75, 3.05) is 26.4 Å². The average Bonchev–Trinajstić information content (AvgIpc) is 2.16. The highest BCUT2D eigenvalue weighted by atomic mass is 16.5. The molecule has 0 aliphatic heterocycles. The van der Waals surface area contributed by atoms with Crippen LogP contribution in [-0.2, 0) is 9.53 Å². The van der Waals surface area contributed by atoms with Gasteiger partial charge in [-0.2, -0.15) is 0 Å². The Morgan fingerprint density at radius 2 is 2.13 bits per heavy atom. The van der Waals surface area contributed by atoms with Crippen LogP contribution in [-0.4, -0.2) is 49.5 Å². The fourth-order valence-corrected chi connectivity index (χ4v) is 0.845. The Morgan fingerprint density at radius 3 is 2.67 bits per heavy atom. The zero-order valence-electron chi connectivity index (χ0n) is 8.66. The number of aliphatic hydroxyl groups excluding tert-OH is 1. The summed E-state index contributed by atoms with van der Waals surface area (Å²) in [5.74, 6) is -0.332. The maximum atomic E-state index is 11.2. The average molecular weight is 219 g/mol. The fraction of sp³-hybridized carbons (Fsp3) is 0.750. The van der Waals surface area contributed by atoms with Gasteiger partial charge in [0.15, 0.2) is 0 Å². The molecule has 88 valence electrons. The van der Waals surface area contributed by atoms with Gasteiger partial charge in [-0.3, -0.25) is 4.79 Å². The maximum Gasteiger partial charge on any atom is 0.312 e. The molecule has 0 rings (SSSR count). The molecule has 0 radical (unpaired) electrons. The van der Waals surface area contributed by atoms with Crippen LogP contribution in [0.3, 0.4) is 0 Å². The number of aliphatic hydroxyl groups is 1. The molecular formula is C8H17N3O4. The van der Waals surface area contributed by atoms with E-state index in [0.717, 1.165) is 0 Å². The van der Waals surface area contributed by atoms with Crippen molar-refractivity contribution in [3.05, 3.63) is 0 Å². The molecule has 7 nitrogen and oxygen atoms in total. The monoisotopic (exact) mass is 219 g/mol. The Kier molecular flexibility index (Phi) is 7.29. The molecule has 1 unspecified atom stereocenters. The first kappa shape index (κ1) is 13.7. The van der Waals surface area contributed by atoms with Gasteiger partial charge in [-0.05, 0) is 6.92 Å². The summed E-state index contributed by atoms with van der Waals surface area (Å²) in [6, 6.07) is -1.41. The highest BCUT2D eigenvalue weighted by Gasteiger charge is 2.12. The summed E-state index contributed by atoms with van der Waals surface area (Å²) in [5.41, 5.74) is 4.84. The van der Waals surface area contributed by atoms with E-state index in [1.807, 2.05) is 0 Å². The second-order valence-electron chi connectivity index (χ2n) is 2.86. The molecule has 0 heterocycles. The van der Waals surface area contributed by atoms with E-state index in [2.05, 4.69) is 10.6 Å². The number of nitrogens with one attached hydrogen (secondary N) is 2. The van der Waals surface area contributed by atoms with Crippen molar-refractivity contribution in [1.82, 2.24) is 10.6 Å². The Bertz CT molecular complexity index is 210. The molecule has 0 aromatic carbocycles. The third-order valence-electron chi connectivity index (χ3n) is 1.53. The van der Waals surface area contributed by atoms with E-state index in [1.54, 1.807) is 0 Å². The van der Waals surface area contributed by atoms with Crippen LogP contribution in [0.5, 0.6) is 0 Å². The summed E-state index contributed by atoms with van der Waals surface area (Å²) in [7, 11) is 0. The van der Waals surface area contributed by atoms with E-state index >= 15 is 0 Å². The third-order valence-corrected chi connectivity index (χ3v) is 1.53. The molecule has 0 spiro atoms. The van der Waals surface area contributed by atoms with Gasteiger partial charge in [-0.1, -0.05) is 0 Å². The number of rotatable bonds is 7. The maximum absolute atomic E-state index is 11.2. The first-order valence-electron chi connectivity index (χ1n) is 4.60. The number of carbonyl (C=O) groups excluding carboxylic acids is 2. The van der Waals surface area contributed by atoms with Crippen molar-refractivity contribution in [3.63, 3.8) is 0 Å². The lowest BCUT2D eigenvalue weighted by Gasteiger charge is -2.12. The van der Waals surface area contributed by atoms with Gasteiger partial charge in [0.2, 0.25) is 5.91 Å².